The first kappa shape index (κ1) is 18.0. The van der Waals surface area contributed by atoms with E-state index in [2.05, 4.69) is 36.5 Å². The molecule has 2 aliphatic rings. The average molecular weight is 383 g/mol. The third kappa shape index (κ3) is 3.33. The SMILES string of the molecule is CC(C)(C)C1NN2C(=O)C=C(c3ccccn3)NC2C1c1ccc(Cl)cc1. The van der Waals surface area contributed by atoms with Crippen LogP contribution in [0.5, 0.6) is 0 Å². The molecule has 3 heterocycles. The van der Waals surface area contributed by atoms with Crippen LogP contribution in [0, 0.1) is 5.41 Å². The Morgan fingerprint density at radius 3 is 2.48 bits per heavy atom. The van der Waals surface area contributed by atoms with Crippen LogP contribution in [0.15, 0.2) is 54.7 Å². The zero-order valence-corrected chi connectivity index (χ0v) is 16.4. The lowest BCUT2D eigenvalue weighted by molar-refractivity contribution is -0.131. The van der Waals surface area contributed by atoms with E-state index in [-0.39, 0.29) is 29.4 Å². The molecule has 1 saturated heterocycles. The molecule has 3 unspecified atom stereocenters. The number of hydrogen-bond acceptors (Lipinski definition) is 4. The predicted octanol–water partition coefficient (Wildman–Crippen LogP) is 3.55. The molecule has 0 bridgehead atoms. The van der Waals surface area contributed by atoms with Gasteiger partial charge in [-0.1, -0.05) is 50.6 Å². The van der Waals surface area contributed by atoms with Crippen molar-refractivity contribution in [3.8, 4) is 0 Å². The van der Waals surface area contributed by atoms with E-state index in [1.807, 2.05) is 42.5 Å². The van der Waals surface area contributed by atoms with Crippen LogP contribution in [0.3, 0.4) is 0 Å². The number of carbonyl (C=O) groups excluding carboxylic acids is 1. The van der Waals surface area contributed by atoms with Crippen LogP contribution in [0.1, 0.15) is 37.9 Å². The van der Waals surface area contributed by atoms with Crippen LogP contribution >= 0.6 is 11.6 Å². The highest BCUT2D eigenvalue weighted by Crippen LogP contribution is 2.41. The summed E-state index contributed by atoms with van der Waals surface area (Å²) in [5.74, 6) is 0.00347. The molecule has 5 nitrogen and oxygen atoms in total. The van der Waals surface area contributed by atoms with Gasteiger partial charge in [-0.2, -0.15) is 0 Å². The normalized spacial score (nSPS) is 25.0. The van der Waals surface area contributed by atoms with Gasteiger partial charge < -0.3 is 5.32 Å². The van der Waals surface area contributed by atoms with Gasteiger partial charge in [0.15, 0.2) is 0 Å². The summed E-state index contributed by atoms with van der Waals surface area (Å²) in [6.07, 6.45) is 3.14. The molecule has 2 aromatic rings. The van der Waals surface area contributed by atoms with Crippen molar-refractivity contribution in [2.75, 3.05) is 0 Å². The van der Waals surface area contributed by atoms with E-state index in [4.69, 9.17) is 11.6 Å². The minimum Gasteiger partial charge on any atom is -0.362 e. The Morgan fingerprint density at radius 2 is 1.85 bits per heavy atom. The minimum atomic E-state index is -0.204. The lowest BCUT2D eigenvalue weighted by atomic mass is 9.76. The van der Waals surface area contributed by atoms with Crippen LogP contribution in [0.25, 0.3) is 5.70 Å². The lowest BCUT2D eigenvalue weighted by Crippen LogP contribution is -2.52. The smallest absolute Gasteiger partial charge is 0.264 e. The van der Waals surface area contributed by atoms with Gasteiger partial charge in [-0.25, -0.2) is 5.43 Å². The second-order valence-electron chi connectivity index (χ2n) is 8.12. The molecule has 0 aliphatic carbocycles. The minimum absolute atomic E-state index is 0.0469. The summed E-state index contributed by atoms with van der Waals surface area (Å²) in [6, 6.07) is 13.7. The fraction of sp³-hybridized carbons (Fsp3) is 0.333. The maximum Gasteiger partial charge on any atom is 0.264 e. The van der Waals surface area contributed by atoms with Gasteiger partial charge in [-0.05, 0) is 35.2 Å². The van der Waals surface area contributed by atoms with Crippen LogP contribution in [-0.4, -0.2) is 28.1 Å². The number of carbonyl (C=O) groups is 1. The van der Waals surface area contributed by atoms with Gasteiger partial charge in [0.1, 0.15) is 6.17 Å². The molecule has 3 atom stereocenters. The van der Waals surface area contributed by atoms with Crippen molar-refractivity contribution in [2.24, 2.45) is 5.41 Å². The number of aromatic nitrogens is 1. The third-order valence-corrected chi connectivity index (χ3v) is 5.44. The van der Waals surface area contributed by atoms with Crippen molar-refractivity contribution in [3.05, 3.63) is 71.0 Å². The first-order valence-corrected chi connectivity index (χ1v) is 9.47. The van der Waals surface area contributed by atoms with E-state index in [0.717, 1.165) is 17.0 Å². The van der Waals surface area contributed by atoms with Gasteiger partial charge in [0.25, 0.3) is 5.91 Å². The van der Waals surface area contributed by atoms with Crippen molar-refractivity contribution in [1.29, 1.82) is 0 Å². The quantitative estimate of drug-likeness (QED) is 0.834. The van der Waals surface area contributed by atoms with Gasteiger partial charge in [0.05, 0.1) is 11.4 Å². The summed E-state index contributed by atoms with van der Waals surface area (Å²) in [5, 5.41) is 5.95. The Labute approximate surface area is 164 Å². The summed E-state index contributed by atoms with van der Waals surface area (Å²) < 4.78 is 0. The van der Waals surface area contributed by atoms with Crippen molar-refractivity contribution in [3.63, 3.8) is 0 Å². The number of hydrazine groups is 1. The number of rotatable bonds is 2. The summed E-state index contributed by atoms with van der Waals surface area (Å²) in [7, 11) is 0. The lowest BCUT2D eigenvalue weighted by Gasteiger charge is -2.34. The first-order chi connectivity index (χ1) is 12.8. The molecular weight excluding hydrogens is 360 g/mol. The highest BCUT2D eigenvalue weighted by molar-refractivity contribution is 6.30. The summed E-state index contributed by atoms with van der Waals surface area (Å²) in [4.78, 5) is 17.2. The molecule has 0 spiro atoms. The first-order valence-electron chi connectivity index (χ1n) is 9.09. The predicted molar refractivity (Wildman–Crippen MR) is 107 cm³/mol. The molecule has 27 heavy (non-hydrogen) atoms. The highest BCUT2D eigenvalue weighted by Gasteiger charge is 2.50. The van der Waals surface area contributed by atoms with Crippen LogP contribution in [0.2, 0.25) is 5.02 Å². The number of pyridine rings is 1. The van der Waals surface area contributed by atoms with Gasteiger partial charge in [0, 0.05) is 29.3 Å². The van der Waals surface area contributed by atoms with Crippen molar-refractivity contribution in [2.45, 2.75) is 38.9 Å². The number of benzene rings is 1. The molecule has 2 N–H and O–H groups in total. The number of nitrogens with zero attached hydrogens (tertiary/aromatic N) is 2. The highest BCUT2D eigenvalue weighted by atomic mass is 35.5. The second-order valence-corrected chi connectivity index (χ2v) is 8.56. The Bertz CT molecular complexity index is 873. The largest absolute Gasteiger partial charge is 0.362 e. The van der Waals surface area contributed by atoms with Crippen LogP contribution < -0.4 is 10.7 Å². The fourth-order valence-electron chi connectivity index (χ4n) is 3.86. The Balaban J connectivity index is 1.75. The van der Waals surface area contributed by atoms with E-state index in [9.17, 15) is 4.79 Å². The van der Waals surface area contributed by atoms with E-state index in [0.29, 0.717) is 5.02 Å². The fourth-order valence-corrected chi connectivity index (χ4v) is 3.99. The van der Waals surface area contributed by atoms with Gasteiger partial charge in [0.2, 0.25) is 0 Å². The molecule has 0 saturated carbocycles. The molecular formula is C21H23ClN4O. The molecule has 6 heteroatoms. The molecule has 140 valence electrons. The summed E-state index contributed by atoms with van der Waals surface area (Å²) in [6.45, 7) is 6.55. The van der Waals surface area contributed by atoms with Crippen LogP contribution in [0.4, 0.5) is 0 Å². The van der Waals surface area contributed by atoms with E-state index in [1.165, 1.54) is 0 Å². The monoisotopic (exact) mass is 382 g/mol. The van der Waals surface area contributed by atoms with Gasteiger partial charge in [-0.3, -0.25) is 14.8 Å². The number of fused-ring (bicyclic) bond motifs is 1. The Kier molecular flexibility index (Phi) is 4.44. The standard InChI is InChI=1S/C21H23ClN4O/c1-21(2,3)19-18(13-7-9-14(22)10-8-13)20-24-16(12-17(27)26(20)25-19)15-6-4-5-11-23-15/h4-12,18-20,24-25H,1-3H3. The maximum atomic E-state index is 12.9. The van der Waals surface area contributed by atoms with E-state index < -0.39 is 0 Å². The molecule has 2 aliphatic heterocycles. The van der Waals surface area contributed by atoms with E-state index in [1.54, 1.807) is 17.3 Å². The van der Waals surface area contributed by atoms with Crippen molar-refractivity contribution in [1.82, 2.24) is 20.7 Å². The van der Waals surface area contributed by atoms with Crippen LogP contribution in [-0.2, 0) is 4.79 Å². The molecule has 1 amide bonds. The van der Waals surface area contributed by atoms with E-state index >= 15 is 0 Å². The molecule has 0 radical (unpaired) electrons. The van der Waals surface area contributed by atoms with Crippen molar-refractivity contribution < 1.29 is 4.79 Å². The Morgan fingerprint density at radius 1 is 1.11 bits per heavy atom. The zero-order chi connectivity index (χ0) is 19.2. The topological polar surface area (TPSA) is 57.3 Å². The maximum absolute atomic E-state index is 12.9. The molecule has 1 aromatic heterocycles. The van der Waals surface area contributed by atoms with Gasteiger partial charge in [-0.15, -0.1) is 0 Å². The third-order valence-electron chi connectivity index (χ3n) is 5.19. The zero-order valence-electron chi connectivity index (χ0n) is 15.6. The van der Waals surface area contributed by atoms with Crippen molar-refractivity contribution >= 4 is 23.2 Å². The number of hydrogen-bond donors (Lipinski definition) is 2. The molecule has 4 rings (SSSR count). The molecule has 1 aromatic carbocycles. The average Bonchev–Trinajstić information content (AvgIpc) is 3.04. The number of amides is 1. The Hall–Kier alpha value is -2.37. The summed E-state index contributed by atoms with van der Waals surface area (Å²) >= 11 is 6.10. The summed E-state index contributed by atoms with van der Waals surface area (Å²) in [5.41, 5.74) is 6.05. The second kappa shape index (κ2) is 6.66. The number of halogens is 1. The number of nitrogens with one attached hydrogen (secondary N) is 2. The van der Waals surface area contributed by atoms with Gasteiger partial charge >= 0.3 is 0 Å². The molecule has 1 fully saturated rings.